The molecular formula is C24H29N5O2. The van der Waals surface area contributed by atoms with Gasteiger partial charge in [-0.15, -0.1) is 0 Å². The van der Waals surface area contributed by atoms with Gasteiger partial charge in [0.05, 0.1) is 18.5 Å². The minimum atomic E-state index is -0.229. The van der Waals surface area contributed by atoms with Gasteiger partial charge in [0.2, 0.25) is 5.96 Å². The van der Waals surface area contributed by atoms with E-state index in [-0.39, 0.29) is 5.91 Å². The van der Waals surface area contributed by atoms with Crippen LogP contribution >= 0.6 is 0 Å². The van der Waals surface area contributed by atoms with E-state index < -0.39 is 0 Å². The van der Waals surface area contributed by atoms with Crippen LogP contribution in [0.15, 0.2) is 53.5 Å². The van der Waals surface area contributed by atoms with Crippen molar-refractivity contribution in [2.24, 2.45) is 12.0 Å². The first kappa shape index (κ1) is 22.1. The highest BCUT2D eigenvalue weighted by Crippen LogP contribution is 2.25. The lowest BCUT2D eigenvalue weighted by atomic mass is 10.1. The molecule has 0 aliphatic carbocycles. The van der Waals surface area contributed by atoms with E-state index in [2.05, 4.69) is 20.7 Å². The molecule has 3 rings (SSSR count). The molecule has 0 fully saturated rings. The first-order valence-electron chi connectivity index (χ1n) is 10.2. The molecule has 1 heterocycles. The van der Waals surface area contributed by atoms with E-state index in [1.807, 2.05) is 68.9 Å². The van der Waals surface area contributed by atoms with Crippen molar-refractivity contribution < 1.29 is 9.53 Å². The Morgan fingerprint density at radius 3 is 2.52 bits per heavy atom. The number of guanidine groups is 1. The van der Waals surface area contributed by atoms with Gasteiger partial charge in [-0.25, -0.2) is 0 Å². The van der Waals surface area contributed by atoms with E-state index in [1.54, 1.807) is 19.2 Å². The second-order valence-corrected chi connectivity index (χ2v) is 7.40. The number of carbonyl (C=O) groups is 1. The van der Waals surface area contributed by atoms with Crippen LogP contribution in [0.5, 0.6) is 5.75 Å². The molecule has 0 aliphatic heterocycles. The molecule has 1 amide bonds. The number of anilines is 1. The highest BCUT2D eigenvalue weighted by molar-refractivity contribution is 6.10. The van der Waals surface area contributed by atoms with Crippen molar-refractivity contribution in [2.75, 3.05) is 19.0 Å². The molecule has 0 atom stereocenters. The minimum absolute atomic E-state index is 0.229. The van der Waals surface area contributed by atoms with Crippen molar-refractivity contribution in [1.29, 1.82) is 0 Å². The highest BCUT2D eigenvalue weighted by Gasteiger charge is 2.13. The molecule has 31 heavy (non-hydrogen) atoms. The van der Waals surface area contributed by atoms with Crippen LogP contribution in [0, 0.1) is 20.8 Å². The zero-order chi connectivity index (χ0) is 22.4. The highest BCUT2D eigenvalue weighted by atomic mass is 16.5. The van der Waals surface area contributed by atoms with E-state index in [9.17, 15) is 4.79 Å². The molecule has 0 aliphatic rings. The lowest BCUT2D eigenvalue weighted by molar-refractivity contribution is 0.0977. The van der Waals surface area contributed by atoms with Gasteiger partial charge >= 0.3 is 0 Å². The lowest BCUT2D eigenvalue weighted by Gasteiger charge is -2.15. The summed E-state index contributed by atoms with van der Waals surface area (Å²) in [4.78, 5) is 17.4. The van der Waals surface area contributed by atoms with Crippen LogP contribution in [0.2, 0.25) is 0 Å². The third kappa shape index (κ3) is 5.51. The van der Waals surface area contributed by atoms with Crippen molar-refractivity contribution in [3.63, 3.8) is 0 Å². The summed E-state index contributed by atoms with van der Waals surface area (Å²) in [5.74, 6) is 0.815. The molecule has 0 saturated carbocycles. The van der Waals surface area contributed by atoms with E-state index in [0.717, 1.165) is 29.1 Å². The van der Waals surface area contributed by atoms with Crippen molar-refractivity contribution in [2.45, 2.75) is 27.2 Å². The van der Waals surface area contributed by atoms with Gasteiger partial charge < -0.3 is 10.1 Å². The van der Waals surface area contributed by atoms with Crippen molar-refractivity contribution >= 4 is 17.6 Å². The molecular weight excluding hydrogens is 390 g/mol. The Hall–Kier alpha value is -3.61. The van der Waals surface area contributed by atoms with E-state index >= 15 is 0 Å². The largest absolute Gasteiger partial charge is 0.495 e. The van der Waals surface area contributed by atoms with Crippen LogP contribution in [0.1, 0.15) is 32.9 Å². The molecule has 2 aromatic carbocycles. The SMILES string of the molecule is COc1ccc(C)cc1NC(=NCCc1c(C)nn(C)c1C)NC(=O)c1ccccc1. The average molecular weight is 420 g/mol. The minimum Gasteiger partial charge on any atom is -0.495 e. The van der Waals surface area contributed by atoms with Gasteiger partial charge in [0, 0.05) is 24.8 Å². The number of nitrogens with zero attached hydrogens (tertiary/aromatic N) is 3. The molecule has 0 spiro atoms. The van der Waals surface area contributed by atoms with E-state index in [1.165, 1.54) is 5.56 Å². The molecule has 0 saturated heterocycles. The number of benzene rings is 2. The fourth-order valence-corrected chi connectivity index (χ4v) is 3.39. The van der Waals surface area contributed by atoms with Gasteiger partial charge in [0.15, 0.2) is 0 Å². The summed E-state index contributed by atoms with van der Waals surface area (Å²) >= 11 is 0. The van der Waals surface area contributed by atoms with Crippen molar-refractivity contribution in [1.82, 2.24) is 15.1 Å². The van der Waals surface area contributed by atoms with Gasteiger partial charge in [0.25, 0.3) is 5.91 Å². The Morgan fingerprint density at radius 1 is 1.13 bits per heavy atom. The third-order valence-electron chi connectivity index (χ3n) is 5.17. The number of nitrogens with one attached hydrogen (secondary N) is 2. The fourth-order valence-electron chi connectivity index (χ4n) is 3.39. The molecule has 2 N–H and O–H groups in total. The summed E-state index contributed by atoms with van der Waals surface area (Å²) in [6.45, 7) is 6.55. The number of aliphatic imine (C=N–C) groups is 1. The number of aryl methyl sites for hydroxylation is 3. The molecule has 0 radical (unpaired) electrons. The molecule has 7 heteroatoms. The van der Waals surface area contributed by atoms with Gasteiger partial charge in [-0.2, -0.15) is 5.10 Å². The zero-order valence-electron chi connectivity index (χ0n) is 18.7. The van der Waals surface area contributed by atoms with Gasteiger partial charge in [-0.3, -0.25) is 19.8 Å². The number of hydrogen-bond acceptors (Lipinski definition) is 4. The summed E-state index contributed by atoms with van der Waals surface area (Å²) in [6, 6.07) is 14.9. The number of rotatable bonds is 6. The predicted molar refractivity (Wildman–Crippen MR) is 124 cm³/mol. The Balaban J connectivity index is 1.83. The monoisotopic (exact) mass is 419 g/mol. The second-order valence-electron chi connectivity index (χ2n) is 7.40. The van der Waals surface area contributed by atoms with Gasteiger partial charge in [-0.1, -0.05) is 24.3 Å². The third-order valence-corrected chi connectivity index (χ3v) is 5.17. The van der Waals surface area contributed by atoms with Crippen LogP contribution in [0.3, 0.4) is 0 Å². The van der Waals surface area contributed by atoms with E-state index in [4.69, 9.17) is 4.74 Å². The first-order chi connectivity index (χ1) is 14.9. The molecule has 3 aromatic rings. The Labute approximate surface area is 183 Å². The summed E-state index contributed by atoms with van der Waals surface area (Å²) in [6.07, 6.45) is 0.725. The average Bonchev–Trinajstić information content (AvgIpc) is 3.00. The fraction of sp³-hybridized carbons (Fsp3) is 0.292. The van der Waals surface area contributed by atoms with Crippen LogP contribution < -0.4 is 15.4 Å². The maximum absolute atomic E-state index is 12.7. The number of carbonyl (C=O) groups excluding carboxylic acids is 1. The van der Waals surface area contributed by atoms with Crippen LogP contribution in [-0.4, -0.2) is 35.3 Å². The maximum atomic E-state index is 12.7. The summed E-state index contributed by atoms with van der Waals surface area (Å²) in [5, 5.41) is 10.6. The Bertz CT molecular complexity index is 1090. The molecule has 7 nitrogen and oxygen atoms in total. The van der Waals surface area contributed by atoms with E-state index in [0.29, 0.717) is 23.8 Å². The predicted octanol–water partition coefficient (Wildman–Crippen LogP) is 3.79. The lowest BCUT2D eigenvalue weighted by Crippen LogP contribution is -2.36. The maximum Gasteiger partial charge on any atom is 0.257 e. The number of amides is 1. The smallest absolute Gasteiger partial charge is 0.257 e. The number of aromatic nitrogens is 2. The summed E-state index contributed by atoms with van der Waals surface area (Å²) in [7, 11) is 3.55. The molecule has 1 aromatic heterocycles. The zero-order valence-corrected chi connectivity index (χ0v) is 18.7. The first-order valence-corrected chi connectivity index (χ1v) is 10.2. The molecule has 0 bridgehead atoms. The quantitative estimate of drug-likeness (QED) is 0.471. The van der Waals surface area contributed by atoms with Crippen LogP contribution in [0.25, 0.3) is 0 Å². The molecule has 162 valence electrons. The molecule has 0 unspecified atom stereocenters. The number of methoxy groups -OCH3 is 1. The van der Waals surface area contributed by atoms with Crippen LogP contribution in [-0.2, 0) is 13.5 Å². The second kappa shape index (κ2) is 9.93. The summed E-state index contributed by atoms with van der Waals surface area (Å²) in [5.41, 5.74) is 5.66. The Kier molecular flexibility index (Phi) is 7.07. The standard InChI is InChI=1S/C24H29N5O2/c1-16-11-12-22(31-5)21(15-16)26-24(27-23(30)19-9-7-6-8-10-19)25-14-13-20-17(2)28-29(4)18(20)3/h6-12,15H,13-14H2,1-5H3,(H2,25,26,27,30). The Morgan fingerprint density at radius 2 is 1.87 bits per heavy atom. The normalized spacial score (nSPS) is 11.3. The number of hydrogen-bond donors (Lipinski definition) is 2. The summed E-state index contributed by atoms with van der Waals surface area (Å²) < 4.78 is 7.33. The van der Waals surface area contributed by atoms with Gasteiger partial charge in [-0.05, 0) is 62.6 Å². The van der Waals surface area contributed by atoms with Crippen LogP contribution in [0.4, 0.5) is 5.69 Å². The van der Waals surface area contributed by atoms with Crippen molar-refractivity contribution in [3.05, 3.63) is 76.6 Å². The van der Waals surface area contributed by atoms with Crippen molar-refractivity contribution in [3.8, 4) is 5.75 Å². The topological polar surface area (TPSA) is 80.5 Å². The number of ether oxygens (including phenoxy) is 1. The van der Waals surface area contributed by atoms with Gasteiger partial charge in [0.1, 0.15) is 5.75 Å².